The van der Waals surface area contributed by atoms with Gasteiger partial charge in [-0.15, -0.1) is 0 Å². The maximum absolute atomic E-state index is 6.22. The van der Waals surface area contributed by atoms with Gasteiger partial charge in [0.1, 0.15) is 0 Å². The van der Waals surface area contributed by atoms with Crippen LogP contribution in [0.15, 0.2) is 24.3 Å². The molecule has 1 aliphatic rings. The van der Waals surface area contributed by atoms with Gasteiger partial charge in [-0.1, -0.05) is 31.2 Å². The van der Waals surface area contributed by atoms with Crippen LogP contribution in [0.2, 0.25) is 0 Å². The molecule has 0 radical (unpaired) electrons. The van der Waals surface area contributed by atoms with Crippen LogP contribution in [0.1, 0.15) is 43.4 Å². The molecule has 1 saturated carbocycles. The normalized spacial score (nSPS) is 20.5. The minimum Gasteiger partial charge on any atom is -0.324 e. The Labute approximate surface area is 86.3 Å². The summed E-state index contributed by atoms with van der Waals surface area (Å²) in [5.74, 6) is 0. The van der Waals surface area contributed by atoms with Crippen molar-refractivity contribution in [1.29, 1.82) is 0 Å². The fourth-order valence-electron chi connectivity index (χ4n) is 2.06. The second-order valence-electron chi connectivity index (χ2n) is 4.98. The molecule has 0 bridgehead atoms. The number of benzene rings is 1. The minimum atomic E-state index is 0.226. The smallest absolute Gasteiger partial charge is 0.0302 e. The molecular weight excluding hydrogens is 170 g/mol. The fourth-order valence-corrected chi connectivity index (χ4v) is 2.06. The van der Waals surface area contributed by atoms with Gasteiger partial charge < -0.3 is 5.73 Å². The molecule has 0 spiro atoms. The van der Waals surface area contributed by atoms with Crippen LogP contribution in [0, 0.1) is 12.3 Å². The Morgan fingerprint density at radius 3 is 2.57 bits per heavy atom. The van der Waals surface area contributed by atoms with Gasteiger partial charge in [0.25, 0.3) is 0 Å². The second-order valence-corrected chi connectivity index (χ2v) is 4.98. The third kappa shape index (κ3) is 1.98. The predicted octanol–water partition coefficient (Wildman–Crippen LogP) is 3.19. The van der Waals surface area contributed by atoms with Crippen molar-refractivity contribution in [2.75, 3.05) is 0 Å². The summed E-state index contributed by atoms with van der Waals surface area (Å²) >= 11 is 0. The molecule has 1 aromatic rings. The van der Waals surface area contributed by atoms with Crippen LogP contribution >= 0.6 is 0 Å². The summed E-state index contributed by atoms with van der Waals surface area (Å²) in [6, 6.07) is 8.68. The second kappa shape index (κ2) is 3.39. The van der Waals surface area contributed by atoms with E-state index in [0.717, 1.165) is 6.42 Å². The van der Waals surface area contributed by atoms with E-state index >= 15 is 0 Å². The molecule has 0 aliphatic heterocycles. The molecule has 1 aliphatic carbocycles. The summed E-state index contributed by atoms with van der Waals surface area (Å²) in [7, 11) is 0. The zero-order valence-electron chi connectivity index (χ0n) is 9.09. The van der Waals surface area contributed by atoms with E-state index in [1.165, 1.54) is 24.0 Å². The van der Waals surface area contributed by atoms with Crippen molar-refractivity contribution in [2.24, 2.45) is 11.1 Å². The summed E-state index contributed by atoms with van der Waals surface area (Å²) in [4.78, 5) is 0. The van der Waals surface area contributed by atoms with Crippen LogP contribution < -0.4 is 5.73 Å². The summed E-state index contributed by atoms with van der Waals surface area (Å²) in [5.41, 5.74) is 9.41. The molecule has 0 amide bonds. The Kier molecular flexibility index (Phi) is 2.36. The minimum absolute atomic E-state index is 0.226. The Morgan fingerprint density at radius 1 is 1.36 bits per heavy atom. The number of nitrogens with two attached hydrogens (primary N) is 1. The first-order chi connectivity index (χ1) is 6.61. The zero-order chi connectivity index (χ0) is 10.2. The topological polar surface area (TPSA) is 26.0 Å². The van der Waals surface area contributed by atoms with Crippen LogP contribution in [0.5, 0.6) is 0 Å². The quantitative estimate of drug-likeness (QED) is 0.776. The molecule has 1 heteroatoms. The molecular formula is C13H19N. The maximum atomic E-state index is 6.22. The zero-order valence-corrected chi connectivity index (χ0v) is 9.09. The fraction of sp³-hybridized carbons (Fsp3) is 0.538. The van der Waals surface area contributed by atoms with E-state index in [1.54, 1.807) is 0 Å². The highest BCUT2D eigenvalue weighted by molar-refractivity contribution is 5.28. The summed E-state index contributed by atoms with van der Waals surface area (Å²) in [6.07, 6.45) is 3.84. The molecule has 14 heavy (non-hydrogen) atoms. The van der Waals surface area contributed by atoms with Crippen LogP contribution in [0.4, 0.5) is 0 Å². The molecule has 0 saturated heterocycles. The average Bonchev–Trinajstić information content (AvgIpc) is 2.84. The van der Waals surface area contributed by atoms with Crippen molar-refractivity contribution < 1.29 is 0 Å². The van der Waals surface area contributed by atoms with Gasteiger partial charge in [0.2, 0.25) is 0 Å². The molecule has 2 rings (SSSR count). The lowest BCUT2D eigenvalue weighted by molar-refractivity contribution is 0.456. The monoisotopic (exact) mass is 189 g/mol. The Hall–Kier alpha value is -0.820. The highest BCUT2D eigenvalue weighted by atomic mass is 14.7. The number of hydrogen-bond acceptors (Lipinski definition) is 1. The van der Waals surface area contributed by atoms with E-state index < -0.39 is 0 Å². The lowest BCUT2D eigenvalue weighted by atomic mass is 9.92. The van der Waals surface area contributed by atoms with E-state index in [2.05, 4.69) is 38.1 Å². The van der Waals surface area contributed by atoms with Gasteiger partial charge in [0.15, 0.2) is 0 Å². The van der Waals surface area contributed by atoms with Crippen LogP contribution in [-0.2, 0) is 0 Å². The molecule has 1 nitrogen and oxygen atoms in total. The van der Waals surface area contributed by atoms with E-state index in [0.29, 0.717) is 5.41 Å². The molecule has 1 aromatic carbocycles. The van der Waals surface area contributed by atoms with Crippen molar-refractivity contribution in [2.45, 2.75) is 39.2 Å². The van der Waals surface area contributed by atoms with Crippen LogP contribution in [0.25, 0.3) is 0 Å². The molecule has 1 fully saturated rings. The molecule has 1 unspecified atom stereocenters. The number of hydrogen-bond donors (Lipinski definition) is 1. The Bertz CT molecular complexity index is 326. The van der Waals surface area contributed by atoms with Crippen molar-refractivity contribution >= 4 is 0 Å². The molecule has 76 valence electrons. The first kappa shape index (κ1) is 9.72. The van der Waals surface area contributed by atoms with Gasteiger partial charge in [0, 0.05) is 6.04 Å². The van der Waals surface area contributed by atoms with Crippen molar-refractivity contribution in [3.05, 3.63) is 35.4 Å². The van der Waals surface area contributed by atoms with E-state index in [-0.39, 0.29) is 6.04 Å². The third-order valence-corrected chi connectivity index (χ3v) is 3.40. The highest BCUT2D eigenvalue weighted by Crippen LogP contribution is 2.50. The largest absolute Gasteiger partial charge is 0.324 e. The molecule has 1 atom stereocenters. The summed E-state index contributed by atoms with van der Waals surface area (Å²) in [6.45, 7) is 4.48. The van der Waals surface area contributed by atoms with E-state index in [9.17, 15) is 0 Å². The SMILES string of the molecule is Cc1ccccc1C(N)CC1(C)CC1. The highest BCUT2D eigenvalue weighted by Gasteiger charge is 2.38. The average molecular weight is 189 g/mol. The lowest BCUT2D eigenvalue weighted by Gasteiger charge is -2.18. The number of rotatable bonds is 3. The van der Waals surface area contributed by atoms with Gasteiger partial charge >= 0.3 is 0 Å². The van der Waals surface area contributed by atoms with Gasteiger partial charge in [0.05, 0.1) is 0 Å². The maximum Gasteiger partial charge on any atom is 0.0302 e. The molecule has 0 aromatic heterocycles. The first-order valence-corrected chi connectivity index (χ1v) is 5.42. The van der Waals surface area contributed by atoms with Gasteiger partial charge in [-0.25, -0.2) is 0 Å². The van der Waals surface area contributed by atoms with Crippen LogP contribution in [0.3, 0.4) is 0 Å². The van der Waals surface area contributed by atoms with Gasteiger partial charge in [-0.2, -0.15) is 0 Å². The van der Waals surface area contributed by atoms with Gasteiger partial charge in [-0.05, 0) is 42.7 Å². The summed E-state index contributed by atoms with van der Waals surface area (Å²) in [5, 5.41) is 0. The van der Waals surface area contributed by atoms with E-state index in [1.807, 2.05) is 0 Å². The summed E-state index contributed by atoms with van der Waals surface area (Å²) < 4.78 is 0. The Balaban J connectivity index is 2.10. The van der Waals surface area contributed by atoms with Crippen molar-refractivity contribution in [1.82, 2.24) is 0 Å². The lowest BCUT2D eigenvalue weighted by Crippen LogP contribution is -2.15. The van der Waals surface area contributed by atoms with E-state index in [4.69, 9.17) is 5.73 Å². The van der Waals surface area contributed by atoms with Crippen LogP contribution in [-0.4, -0.2) is 0 Å². The molecule has 2 N–H and O–H groups in total. The van der Waals surface area contributed by atoms with Gasteiger partial charge in [-0.3, -0.25) is 0 Å². The van der Waals surface area contributed by atoms with Crippen molar-refractivity contribution in [3.8, 4) is 0 Å². The number of aryl methyl sites for hydroxylation is 1. The van der Waals surface area contributed by atoms with Crippen molar-refractivity contribution in [3.63, 3.8) is 0 Å². The Morgan fingerprint density at radius 2 is 2.00 bits per heavy atom. The predicted molar refractivity (Wildman–Crippen MR) is 60.1 cm³/mol. The standard InChI is InChI=1S/C13H19N/c1-10-5-3-4-6-11(10)12(14)9-13(2)7-8-13/h3-6,12H,7-9,14H2,1-2H3. The first-order valence-electron chi connectivity index (χ1n) is 5.42. The molecule has 0 heterocycles. The third-order valence-electron chi connectivity index (χ3n) is 3.40.